The van der Waals surface area contributed by atoms with Crippen molar-refractivity contribution < 1.29 is 14.4 Å². The van der Waals surface area contributed by atoms with Crippen LogP contribution in [0.25, 0.3) is 16.6 Å². The molecule has 5 heteroatoms. The van der Waals surface area contributed by atoms with Gasteiger partial charge < -0.3 is 9.30 Å². The van der Waals surface area contributed by atoms with Crippen molar-refractivity contribution in [2.75, 3.05) is 20.8 Å². The number of rotatable bonds is 10. The van der Waals surface area contributed by atoms with Gasteiger partial charge in [-0.05, 0) is 79.3 Å². The summed E-state index contributed by atoms with van der Waals surface area (Å²) in [5.74, 6) is 0.846. The van der Waals surface area contributed by atoms with Crippen LogP contribution >= 0.6 is 0 Å². The third-order valence-electron chi connectivity index (χ3n) is 6.16. The number of nitrogens with zero attached hydrogens (tertiary/aromatic N) is 2. The highest BCUT2D eigenvalue weighted by Crippen LogP contribution is 2.28. The third-order valence-corrected chi connectivity index (χ3v) is 6.16. The van der Waals surface area contributed by atoms with E-state index in [0.29, 0.717) is 19.4 Å². The Morgan fingerprint density at radius 2 is 1.68 bits per heavy atom. The van der Waals surface area contributed by atoms with Gasteiger partial charge in [0.25, 0.3) is 0 Å². The Labute approximate surface area is 201 Å². The normalized spacial score (nSPS) is 11.0. The van der Waals surface area contributed by atoms with Crippen LogP contribution in [0.2, 0.25) is 0 Å². The molecule has 0 aliphatic rings. The van der Waals surface area contributed by atoms with Crippen LogP contribution in [0.5, 0.6) is 5.75 Å². The van der Waals surface area contributed by atoms with Crippen molar-refractivity contribution in [1.29, 1.82) is 0 Å². The Bertz CT molecular complexity index is 1230. The molecule has 0 spiro atoms. The monoisotopic (exact) mass is 456 g/mol. The highest BCUT2D eigenvalue weighted by molar-refractivity contribution is 5.86. The Balaban J connectivity index is 1.65. The number of hydroxylamine groups is 2. The molecular formula is C29H32N2O3. The lowest BCUT2D eigenvalue weighted by Gasteiger charge is -2.13. The predicted octanol–water partition coefficient (Wildman–Crippen LogP) is 5.77. The second-order valence-electron chi connectivity index (χ2n) is 8.36. The fourth-order valence-electron chi connectivity index (χ4n) is 4.22. The molecule has 4 aromatic rings. The molecule has 5 nitrogen and oxygen atoms in total. The van der Waals surface area contributed by atoms with Crippen LogP contribution in [0.4, 0.5) is 0 Å². The zero-order valence-electron chi connectivity index (χ0n) is 20.2. The van der Waals surface area contributed by atoms with E-state index in [1.807, 2.05) is 19.1 Å². The second-order valence-corrected chi connectivity index (χ2v) is 8.36. The summed E-state index contributed by atoms with van der Waals surface area (Å²) in [5, 5.41) is 2.52. The molecule has 0 aliphatic carbocycles. The third kappa shape index (κ3) is 5.49. The molecule has 3 aromatic carbocycles. The average molecular weight is 457 g/mol. The van der Waals surface area contributed by atoms with E-state index in [1.165, 1.54) is 28.7 Å². The summed E-state index contributed by atoms with van der Waals surface area (Å²) in [6.07, 6.45) is 5.25. The van der Waals surface area contributed by atoms with Gasteiger partial charge in [-0.15, -0.1) is 0 Å². The van der Waals surface area contributed by atoms with Crippen molar-refractivity contribution in [3.8, 4) is 11.4 Å². The molecule has 1 amide bonds. The van der Waals surface area contributed by atoms with Crippen LogP contribution in [0.1, 0.15) is 30.0 Å². The summed E-state index contributed by atoms with van der Waals surface area (Å²) in [6.45, 7) is 2.64. The van der Waals surface area contributed by atoms with E-state index in [1.54, 1.807) is 7.05 Å². The Kier molecular flexibility index (Phi) is 7.65. The smallest absolute Gasteiger partial charge is 0.246 e. The Morgan fingerprint density at radius 1 is 0.912 bits per heavy atom. The molecule has 0 radical (unpaired) electrons. The van der Waals surface area contributed by atoms with Crippen molar-refractivity contribution in [2.45, 2.75) is 32.6 Å². The van der Waals surface area contributed by atoms with Gasteiger partial charge in [0, 0.05) is 30.7 Å². The molecule has 0 saturated heterocycles. The highest BCUT2D eigenvalue weighted by Gasteiger charge is 2.13. The van der Waals surface area contributed by atoms with E-state index >= 15 is 0 Å². The standard InChI is InChI=1S/C29H32N2O3/c1-4-34-26-16-14-25(15-17-26)31-21-24(13-10-22-8-6-5-7-9-22)27-20-23(11-18-28(27)31)12-19-29(32)30(2)33-3/h5-9,11,14-18,20-21H,4,10,12-13,19H2,1-3H3. The molecule has 1 aromatic heterocycles. The van der Waals surface area contributed by atoms with Crippen LogP contribution in [-0.2, 0) is 28.9 Å². The summed E-state index contributed by atoms with van der Waals surface area (Å²) >= 11 is 0. The quantitative estimate of drug-likeness (QED) is 0.285. The number of benzene rings is 3. The number of carbonyl (C=O) groups excluding carboxylic acids is 1. The van der Waals surface area contributed by atoms with Gasteiger partial charge in [0.1, 0.15) is 5.75 Å². The van der Waals surface area contributed by atoms with Gasteiger partial charge in [-0.3, -0.25) is 9.63 Å². The number of ether oxygens (including phenoxy) is 1. The summed E-state index contributed by atoms with van der Waals surface area (Å²) in [5.41, 5.74) is 6.04. The van der Waals surface area contributed by atoms with E-state index in [4.69, 9.17) is 9.57 Å². The number of hydrogen-bond acceptors (Lipinski definition) is 3. The zero-order valence-corrected chi connectivity index (χ0v) is 20.2. The Morgan fingerprint density at radius 3 is 2.38 bits per heavy atom. The Hall–Kier alpha value is -3.57. The average Bonchev–Trinajstić information content (AvgIpc) is 3.24. The van der Waals surface area contributed by atoms with Crippen LogP contribution < -0.4 is 4.74 Å². The van der Waals surface area contributed by atoms with Crippen LogP contribution in [0, 0.1) is 0 Å². The van der Waals surface area contributed by atoms with Gasteiger partial charge >= 0.3 is 0 Å². The number of amides is 1. The van der Waals surface area contributed by atoms with Crippen LogP contribution in [0.15, 0.2) is 79.0 Å². The van der Waals surface area contributed by atoms with Gasteiger partial charge in [0.05, 0.1) is 19.2 Å². The minimum absolute atomic E-state index is 0.0288. The molecule has 0 unspecified atom stereocenters. The largest absolute Gasteiger partial charge is 0.494 e. The molecule has 176 valence electrons. The molecule has 34 heavy (non-hydrogen) atoms. The van der Waals surface area contributed by atoms with Crippen LogP contribution in [0.3, 0.4) is 0 Å². The molecule has 4 rings (SSSR count). The fourth-order valence-corrected chi connectivity index (χ4v) is 4.22. The molecule has 0 N–H and O–H groups in total. The van der Waals surface area contributed by atoms with E-state index in [-0.39, 0.29) is 5.91 Å². The molecular weight excluding hydrogens is 424 g/mol. The van der Waals surface area contributed by atoms with Crippen molar-refractivity contribution in [3.63, 3.8) is 0 Å². The summed E-state index contributed by atoms with van der Waals surface area (Å²) < 4.78 is 7.86. The lowest BCUT2D eigenvalue weighted by Crippen LogP contribution is -2.25. The minimum Gasteiger partial charge on any atom is -0.494 e. The van der Waals surface area contributed by atoms with Crippen molar-refractivity contribution in [3.05, 3.63) is 95.7 Å². The van der Waals surface area contributed by atoms with Gasteiger partial charge in [0.15, 0.2) is 0 Å². The summed E-state index contributed by atoms with van der Waals surface area (Å²) in [7, 11) is 3.15. The lowest BCUT2D eigenvalue weighted by atomic mass is 10.0. The minimum atomic E-state index is -0.0288. The molecule has 0 saturated carbocycles. The van der Waals surface area contributed by atoms with E-state index in [0.717, 1.165) is 35.4 Å². The first-order valence-electron chi connectivity index (χ1n) is 11.8. The van der Waals surface area contributed by atoms with Gasteiger partial charge in [-0.25, -0.2) is 5.06 Å². The van der Waals surface area contributed by atoms with Crippen molar-refractivity contribution in [1.82, 2.24) is 9.63 Å². The molecule has 0 bridgehead atoms. The van der Waals surface area contributed by atoms with Crippen molar-refractivity contribution in [2.24, 2.45) is 0 Å². The summed E-state index contributed by atoms with van der Waals surface area (Å²) in [4.78, 5) is 17.2. The second kappa shape index (κ2) is 11.0. The molecule has 0 atom stereocenters. The van der Waals surface area contributed by atoms with Crippen molar-refractivity contribution >= 4 is 16.8 Å². The maximum Gasteiger partial charge on any atom is 0.246 e. The molecule has 0 aliphatic heterocycles. The SMILES string of the molecule is CCOc1ccc(-n2cc(CCc3ccccc3)c3cc(CCC(=O)N(C)OC)ccc32)cc1. The summed E-state index contributed by atoms with van der Waals surface area (Å²) in [6, 6.07) is 25.3. The topological polar surface area (TPSA) is 43.7 Å². The maximum atomic E-state index is 12.2. The number of carbonyl (C=O) groups is 1. The number of aromatic nitrogens is 1. The van der Waals surface area contributed by atoms with Gasteiger partial charge in [-0.2, -0.15) is 0 Å². The first kappa shape index (κ1) is 23.6. The van der Waals surface area contributed by atoms with E-state index < -0.39 is 0 Å². The first-order valence-corrected chi connectivity index (χ1v) is 11.8. The first-order chi connectivity index (χ1) is 16.6. The van der Waals surface area contributed by atoms with Gasteiger partial charge in [0.2, 0.25) is 5.91 Å². The lowest BCUT2D eigenvalue weighted by molar-refractivity contribution is -0.168. The number of hydrogen-bond donors (Lipinski definition) is 0. The van der Waals surface area contributed by atoms with Crippen LogP contribution in [-0.4, -0.2) is 36.3 Å². The van der Waals surface area contributed by atoms with Gasteiger partial charge in [-0.1, -0.05) is 36.4 Å². The fraction of sp³-hybridized carbons (Fsp3) is 0.276. The highest BCUT2D eigenvalue weighted by atomic mass is 16.7. The number of aryl methyl sites for hydroxylation is 3. The molecule has 1 heterocycles. The number of fused-ring (bicyclic) bond motifs is 1. The zero-order chi connectivity index (χ0) is 23.9. The van der Waals surface area contributed by atoms with E-state index in [9.17, 15) is 4.79 Å². The molecule has 0 fully saturated rings. The predicted molar refractivity (Wildman–Crippen MR) is 136 cm³/mol. The van der Waals surface area contributed by atoms with E-state index in [2.05, 4.69) is 71.4 Å². The maximum absolute atomic E-state index is 12.2.